The molecule has 1 aliphatic rings. The highest BCUT2D eigenvalue weighted by atomic mass is 16.5. The molecule has 1 aromatic carbocycles. The number of pyridine rings is 1. The zero-order valence-corrected chi connectivity index (χ0v) is 13.8. The molecule has 0 radical (unpaired) electrons. The molecule has 25 heavy (non-hydrogen) atoms. The highest BCUT2D eigenvalue weighted by Crippen LogP contribution is 2.20. The highest BCUT2D eigenvalue weighted by Gasteiger charge is 2.16. The van der Waals surface area contributed by atoms with Gasteiger partial charge in [-0.15, -0.1) is 0 Å². The molecular formula is C19H20N2O4. The SMILES string of the molecule is O=C(O)c1ccnc(-c2cccc(C(=O)NCCC3CCOC3)c2)c1. The Labute approximate surface area is 145 Å². The average molecular weight is 340 g/mol. The van der Waals surface area contributed by atoms with Crippen molar-refractivity contribution in [2.24, 2.45) is 5.92 Å². The van der Waals surface area contributed by atoms with Gasteiger partial charge in [-0.25, -0.2) is 4.79 Å². The summed E-state index contributed by atoms with van der Waals surface area (Å²) >= 11 is 0. The molecule has 1 fully saturated rings. The number of aromatic nitrogens is 1. The van der Waals surface area contributed by atoms with Crippen LogP contribution in [0.3, 0.4) is 0 Å². The van der Waals surface area contributed by atoms with Crippen molar-refractivity contribution in [3.63, 3.8) is 0 Å². The van der Waals surface area contributed by atoms with Gasteiger partial charge in [0.15, 0.2) is 0 Å². The van der Waals surface area contributed by atoms with Gasteiger partial charge in [0.25, 0.3) is 5.91 Å². The van der Waals surface area contributed by atoms with Gasteiger partial charge < -0.3 is 15.2 Å². The van der Waals surface area contributed by atoms with Crippen LogP contribution in [-0.4, -0.2) is 41.7 Å². The first-order valence-corrected chi connectivity index (χ1v) is 8.29. The molecular weight excluding hydrogens is 320 g/mol. The van der Waals surface area contributed by atoms with Crippen molar-refractivity contribution < 1.29 is 19.4 Å². The van der Waals surface area contributed by atoms with Gasteiger partial charge in [-0.05, 0) is 43.0 Å². The summed E-state index contributed by atoms with van der Waals surface area (Å²) in [6.07, 6.45) is 3.42. The molecule has 2 aromatic rings. The molecule has 1 aromatic heterocycles. The van der Waals surface area contributed by atoms with Gasteiger partial charge in [0.05, 0.1) is 11.3 Å². The first kappa shape index (κ1) is 17.1. The molecule has 0 aliphatic carbocycles. The summed E-state index contributed by atoms with van der Waals surface area (Å²) < 4.78 is 5.33. The minimum absolute atomic E-state index is 0.143. The van der Waals surface area contributed by atoms with E-state index in [1.807, 2.05) is 0 Å². The van der Waals surface area contributed by atoms with Gasteiger partial charge in [-0.1, -0.05) is 12.1 Å². The predicted octanol–water partition coefficient (Wildman–Crippen LogP) is 2.60. The maximum atomic E-state index is 12.3. The lowest BCUT2D eigenvalue weighted by molar-refractivity contribution is 0.0696. The summed E-state index contributed by atoms with van der Waals surface area (Å²) in [4.78, 5) is 27.6. The lowest BCUT2D eigenvalue weighted by Gasteiger charge is -2.10. The molecule has 0 bridgehead atoms. The average Bonchev–Trinajstić information content (AvgIpc) is 3.15. The number of hydrogen-bond donors (Lipinski definition) is 2. The molecule has 6 nitrogen and oxygen atoms in total. The third kappa shape index (κ3) is 4.42. The van der Waals surface area contributed by atoms with Crippen LogP contribution < -0.4 is 5.32 Å². The van der Waals surface area contributed by atoms with E-state index in [1.165, 1.54) is 18.3 Å². The fraction of sp³-hybridized carbons (Fsp3) is 0.316. The molecule has 2 heterocycles. The van der Waals surface area contributed by atoms with E-state index in [-0.39, 0.29) is 11.5 Å². The number of aromatic carboxylic acids is 1. The fourth-order valence-corrected chi connectivity index (χ4v) is 2.84. The van der Waals surface area contributed by atoms with Crippen LogP contribution in [-0.2, 0) is 4.74 Å². The van der Waals surface area contributed by atoms with Crippen molar-refractivity contribution in [1.29, 1.82) is 0 Å². The van der Waals surface area contributed by atoms with Gasteiger partial charge in [0.1, 0.15) is 0 Å². The topological polar surface area (TPSA) is 88.5 Å². The van der Waals surface area contributed by atoms with Gasteiger partial charge >= 0.3 is 5.97 Å². The summed E-state index contributed by atoms with van der Waals surface area (Å²) in [6.45, 7) is 2.20. The molecule has 1 saturated heterocycles. The second kappa shape index (κ2) is 7.90. The Morgan fingerprint density at radius 1 is 1.24 bits per heavy atom. The van der Waals surface area contributed by atoms with E-state index >= 15 is 0 Å². The van der Waals surface area contributed by atoms with Crippen molar-refractivity contribution in [2.45, 2.75) is 12.8 Å². The molecule has 3 rings (SSSR count). The van der Waals surface area contributed by atoms with Crippen LogP contribution in [0.15, 0.2) is 42.6 Å². The van der Waals surface area contributed by atoms with Crippen LogP contribution >= 0.6 is 0 Å². The first-order chi connectivity index (χ1) is 12.1. The summed E-state index contributed by atoms with van der Waals surface area (Å²) in [6, 6.07) is 9.97. The lowest BCUT2D eigenvalue weighted by atomic mass is 10.0. The predicted molar refractivity (Wildman–Crippen MR) is 92.5 cm³/mol. The fourth-order valence-electron chi connectivity index (χ4n) is 2.84. The summed E-state index contributed by atoms with van der Waals surface area (Å²) in [5.41, 5.74) is 1.93. The maximum Gasteiger partial charge on any atom is 0.335 e. The largest absolute Gasteiger partial charge is 0.478 e. The van der Waals surface area contributed by atoms with Gasteiger partial charge in [-0.3, -0.25) is 9.78 Å². The molecule has 130 valence electrons. The van der Waals surface area contributed by atoms with Crippen LogP contribution in [0.2, 0.25) is 0 Å². The highest BCUT2D eigenvalue weighted by molar-refractivity contribution is 5.95. The number of rotatable bonds is 6. The zero-order chi connectivity index (χ0) is 17.6. The second-order valence-corrected chi connectivity index (χ2v) is 6.09. The van der Waals surface area contributed by atoms with Gasteiger partial charge in [0, 0.05) is 37.1 Å². The molecule has 1 aliphatic heterocycles. The normalized spacial score (nSPS) is 16.6. The number of ether oxygens (including phenoxy) is 1. The number of nitrogens with one attached hydrogen (secondary N) is 1. The minimum Gasteiger partial charge on any atom is -0.478 e. The third-order valence-corrected chi connectivity index (χ3v) is 4.29. The van der Waals surface area contributed by atoms with E-state index in [9.17, 15) is 9.59 Å². The van der Waals surface area contributed by atoms with E-state index in [0.717, 1.165) is 26.1 Å². The molecule has 1 amide bonds. The molecule has 1 atom stereocenters. The quantitative estimate of drug-likeness (QED) is 0.844. The second-order valence-electron chi connectivity index (χ2n) is 6.09. The van der Waals surface area contributed by atoms with Crippen LogP contribution in [0.1, 0.15) is 33.6 Å². The van der Waals surface area contributed by atoms with Crippen molar-refractivity contribution in [3.05, 3.63) is 53.7 Å². The van der Waals surface area contributed by atoms with E-state index < -0.39 is 5.97 Å². The smallest absolute Gasteiger partial charge is 0.335 e. The summed E-state index contributed by atoms with van der Waals surface area (Å²) in [5.74, 6) is -0.627. The number of carboxylic acid groups (broad SMARTS) is 1. The Hall–Kier alpha value is -2.73. The van der Waals surface area contributed by atoms with E-state index in [4.69, 9.17) is 9.84 Å². The van der Waals surface area contributed by atoms with Crippen molar-refractivity contribution in [1.82, 2.24) is 10.3 Å². The summed E-state index contributed by atoms with van der Waals surface area (Å²) in [5, 5.41) is 12.0. The number of nitrogens with zero attached hydrogens (tertiary/aromatic N) is 1. The molecule has 2 N–H and O–H groups in total. The number of amides is 1. The van der Waals surface area contributed by atoms with Crippen molar-refractivity contribution >= 4 is 11.9 Å². The molecule has 0 saturated carbocycles. The summed E-state index contributed by atoms with van der Waals surface area (Å²) in [7, 11) is 0. The number of carboxylic acids is 1. The van der Waals surface area contributed by atoms with E-state index in [1.54, 1.807) is 24.3 Å². The lowest BCUT2D eigenvalue weighted by Crippen LogP contribution is -2.26. The zero-order valence-electron chi connectivity index (χ0n) is 13.8. The van der Waals surface area contributed by atoms with E-state index in [2.05, 4.69) is 10.3 Å². The van der Waals surface area contributed by atoms with Crippen LogP contribution in [0.5, 0.6) is 0 Å². The van der Waals surface area contributed by atoms with Gasteiger partial charge in [-0.2, -0.15) is 0 Å². The Balaban J connectivity index is 1.67. The Morgan fingerprint density at radius 2 is 2.12 bits per heavy atom. The van der Waals surface area contributed by atoms with E-state index in [0.29, 0.717) is 29.3 Å². The Bertz CT molecular complexity index is 770. The Kier molecular flexibility index (Phi) is 5.40. The number of hydrogen-bond acceptors (Lipinski definition) is 4. The van der Waals surface area contributed by atoms with Crippen molar-refractivity contribution in [3.8, 4) is 11.3 Å². The number of carbonyl (C=O) groups is 2. The Morgan fingerprint density at radius 3 is 2.88 bits per heavy atom. The van der Waals surface area contributed by atoms with Crippen LogP contribution in [0, 0.1) is 5.92 Å². The first-order valence-electron chi connectivity index (χ1n) is 8.29. The van der Waals surface area contributed by atoms with Crippen LogP contribution in [0.25, 0.3) is 11.3 Å². The number of carbonyl (C=O) groups excluding carboxylic acids is 1. The third-order valence-electron chi connectivity index (χ3n) is 4.29. The minimum atomic E-state index is -1.01. The number of benzene rings is 1. The monoisotopic (exact) mass is 340 g/mol. The molecule has 6 heteroatoms. The van der Waals surface area contributed by atoms with Gasteiger partial charge in [0.2, 0.25) is 0 Å². The van der Waals surface area contributed by atoms with Crippen molar-refractivity contribution in [2.75, 3.05) is 19.8 Å². The standard InChI is InChI=1S/C19H20N2O4/c22-18(21-7-4-13-6-9-25-12-13)15-3-1-2-14(10-15)17-11-16(19(23)24)5-8-20-17/h1-3,5,8,10-11,13H,4,6-7,9,12H2,(H,21,22)(H,23,24). The molecule has 0 spiro atoms. The molecule has 1 unspecified atom stereocenters. The maximum absolute atomic E-state index is 12.3. The van der Waals surface area contributed by atoms with Crippen LogP contribution in [0.4, 0.5) is 0 Å².